The first kappa shape index (κ1) is 15.3. The van der Waals surface area contributed by atoms with Crippen LogP contribution in [0.1, 0.15) is 10.4 Å². The van der Waals surface area contributed by atoms with Gasteiger partial charge >= 0.3 is 5.97 Å². The fourth-order valence-corrected chi connectivity index (χ4v) is 2.83. The molecule has 6 nitrogen and oxygen atoms in total. The quantitative estimate of drug-likeness (QED) is 0.536. The molecule has 0 bridgehead atoms. The molecule has 0 aliphatic heterocycles. The van der Waals surface area contributed by atoms with Crippen molar-refractivity contribution in [3.8, 4) is 0 Å². The first-order chi connectivity index (χ1) is 12.1. The van der Waals surface area contributed by atoms with Crippen LogP contribution >= 0.6 is 11.6 Å². The number of pyridine rings is 1. The van der Waals surface area contributed by atoms with E-state index in [-0.39, 0.29) is 5.56 Å². The topological polar surface area (TPSA) is 88.0 Å². The van der Waals surface area contributed by atoms with E-state index in [0.29, 0.717) is 27.6 Å². The molecule has 7 heteroatoms. The standard InChI is InChI=1S/C18H11ClN4O2/c19-13-3-1-2-4-14(13)22-17-16-12(8-20-9-21-16)11-6-5-10(18(24)25)7-15(11)23-17/h1-9H,(H,22,23)(H,24,25). The van der Waals surface area contributed by atoms with Crippen molar-refractivity contribution in [1.29, 1.82) is 0 Å². The highest BCUT2D eigenvalue weighted by Crippen LogP contribution is 2.31. The van der Waals surface area contributed by atoms with E-state index in [4.69, 9.17) is 11.6 Å². The van der Waals surface area contributed by atoms with E-state index in [1.165, 1.54) is 12.4 Å². The molecule has 0 aliphatic carbocycles. The molecule has 25 heavy (non-hydrogen) atoms. The van der Waals surface area contributed by atoms with Crippen molar-refractivity contribution in [2.75, 3.05) is 5.32 Å². The summed E-state index contributed by atoms with van der Waals surface area (Å²) in [5.74, 6) is -0.519. The Balaban J connectivity index is 1.98. The van der Waals surface area contributed by atoms with Gasteiger partial charge in [0.1, 0.15) is 11.8 Å². The number of para-hydroxylation sites is 1. The first-order valence-electron chi connectivity index (χ1n) is 7.42. The predicted octanol–water partition coefficient (Wildman–Crippen LogP) is 4.27. The zero-order valence-corrected chi connectivity index (χ0v) is 13.5. The van der Waals surface area contributed by atoms with Crippen molar-refractivity contribution >= 4 is 50.9 Å². The van der Waals surface area contributed by atoms with Crippen molar-refractivity contribution in [3.63, 3.8) is 0 Å². The van der Waals surface area contributed by atoms with E-state index in [1.807, 2.05) is 18.2 Å². The highest BCUT2D eigenvalue weighted by molar-refractivity contribution is 6.33. The van der Waals surface area contributed by atoms with Crippen molar-refractivity contribution in [2.24, 2.45) is 0 Å². The summed E-state index contributed by atoms with van der Waals surface area (Å²) in [6.07, 6.45) is 3.13. The van der Waals surface area contributed by atoms with Crippen LogP contribution in [0.3, 0.4) is 0 Å². The van der Waals surface area contributed by atoms with Gasteiger partial charge in [0.05, 0.1) is 21.8 Å². The molecule has 0 saturated carbocycles. The third kappa shape index (κ3) is 2.72. The van der Waals surface area contributed by atoms with Crippen LogP contribution in [0.5, 0.6) is 0 Å². The SMILES string of the molecule is O=C(O)c1ccc2c(c1)nc(Nc1ccccc1Cl)c1ncncc12. The second-order valence-electron chi connectivity index (χ2n) is 5.39. The molecule has 0 fully saturated rings. The van der Waals surface area contributed by atoms with Crippen LogP contribution in [0.25, 0.3) is 21.8 Å². The number of fused-ring (bicyclic) bond motifs is 3. The molecular weight excluding hydrogens is 340 g/mol. The summed E-state index contributed by atoms with van der Waals surface area (Å²) in [7, 11) is 0. The number of aromatic carboxylic acids is 1. The Hall–Kier alpha value is -3.25. The van der Waals surface area contributed by atoms with Gasteiger partial charge in [0.15, 0.2) is 5.82 Å². The van der Waals surface area contributed by atoms with Gasteiger partial charge in [0, 0.05) is 17.0 Å². The van der Waals surface area contributed by atoms with Gasteiger partial charge in [-0.15, -0.1) is 0 Å². The number of nitrogens with zero attached hydrogens (tertiary/aromatic N) is 3. The smallest absolute Gasteiger partial charge is 0.335 e. The van der Waals surface area contributed by atoms with Crippen LogP contribution in [-0.4, -0.2) is 26.0 Å². The van der Waals surface area contributed by atoms with Gasteiger partial charge in [-0.3, -0.25) is 0 Å². The van der Waals surface area contributed by atoms with Crippen molar-refractivity contribution < 1.29 is 9.90 Å². The molecule has 2 aromatic heterocycles. The Bertz CT molecular complexity index is 1130. The Morgan fingerprint density at radius 3 is 2.76 bits per heavy atom. The highest BCUT2D eigenvalue weighted by Gasteiger charge is 2.13. The maximum Gasteiger partial charge on any atom is 0.335 e. The average Bonchev–Trinajstić information content (AvgIpc) is 2.63. The Morgan fingerprint density at radius 2 is 1.96 bits per heavy atom. The lowest BCUT2D eigenvalue weighted by atomic mass is 10.1. The fraction of sp³-hybridized carbons (Fsp3) is 0. The molecule has 2 aromatic carbocycles. The van der Waals surface area contributed by atoms with Gasteiger partial charge in [-0.25, -0.2) is 19.7 Å². The van der Waals surface area contributed by atoms with Crippen LogP contribution in [0.2, 0.25) is 5.02 Å². The molecule has 0 unspecified atom stereocenters. The summed E-state index contributed by atoms with van der Waals surface area (Å²) in [5.41, 5.74) is 2.02. The number of carboxylic acid groups (broad SMARTS) is 1. The predicted molar refractivity (Wildman–Crippen MR) is 96.5 cm³/mol. The van der Waals surface area contributed by atoms with E-state index in [0.717, 1.165) is 10.8 Å². The molecule has 0 amide bonds. The van der Waals surface area contributed by atoms with E-state index in [9.17, 15) is 9.90 Å². The Kier molecular flexibility index (Phi) is 3.66. The maximum atomic E-state index is 11.2. The maximum absolute atomic E-state index is 11.2. The highest BCUT2D eigenvalue weighted by atomic mass is 35.5. The van der Waals surface area contributed by atoms with Crippen LogP contribution < -0.4 is 5.32 Å². The molecule has 2 N–H and O–H groups in total. The molecule has 0 atom stereocenters. The van der Waals surface area contributed by atoms with Gasteiger partial charge in [-0.2, -0.15) is 0 Å². The first-order valence-corrected chi connectivity index (χ1v) is 7.79. The largest absolute Gasteiger partial charge is 0.478 e. The molecule has 2 heterocycles. The third-order valence-electron chi connectivity index (χ3n) is 3.83. The number of benzene rings is 2. The molecule has 0 radical (unpaired) electrons. The zero-order chi connectivity index (χ0) is 17.4. The monoisotopic (exact) mass is 350 g/mol. The second-order valence-corrected chi connectivity index (χ2v) is 5.79. The van der Waals surface area contributed by atoms with Crippen molar-refractivity contribution in [3.05, 3.63) is 65.6 Å². The minimum Gasteiger partial charge on any atom is -0.478 e. The van der Waals surface area contributed by atoms with Crippen molar-refractivity contribution in [1.82, 2.24) is 15.0 Å². The number of nitrogens with one attached hydrogen (secondary N) is 1. The number of carboxylic acids is 1. The lowest BCUT2D eigenvalue weighted by Crippen LogP contribution is -2.00. The van der Waals surface area contributed by atoms with Gasteiger partial charge in [-0.05, 0) is 24.3 Å². The second kappa shape index (κ2) is 5.99. The number of hydrogen-bond acceptors (Lipinski definition) is 5. The normalized spacial score (nSPS) is 10.9. The van der Waals surface area contributed by atoms with Gasteiger partial charge in [-0.1, -0.05) is 29.8 Å². The number of aromatic nitrogens is 3. The van der Waals surface area contributed by atoms with Crippen molar-refractivity contribution in [2.45, 2.75) is 0 Å². The number of hydrogen-bond donors (Lipinski definition) is 2. The van der Waals surface area contributed by atoms with E-state index >= 15 is 0 Å². The molecule has 122 valence electrons. The number of carbonyl (C=O) groups is 1. The lowest BCUT2D eigenvalue weighted by Gasteiger charge is -2.12. The molecule has 0 saturated heterocycles. The summed E-state index contributed by atoms with van der Waals surface area (Å²) in [6, 6.07) is 12.1. The summed E-state index contributed by atoms with van der Waals surface area (Å²) in [4.78, 5) is 24.2. The van der Waals surface area contributed by atoms with Crippen LogP contribution in [-0.2, 0) is 0 Å². The zero-order valence-electron chi connectivity index (χ0n) is 12.8. The summed E-state index contributed by atoms with van der Waals surface area (Å²) in [5, 5.41) is 14.5. The molecule has 0 spiro atoms. The Morgan fingerprint density at radius 1 is 1.12 bits per heavy atom. The number of rotatable bonds is 3. The molecular formula is C18H11ClN4O2. The van der Waals surface area contributed by atoms with E-state index in [1.54, 1.807) is 24.4 Å². The molecule has 0 aliphatic rings. The minimum absolute atomic E-state index is 0.167. The van der Waals surface area contributed by atoms with Gasteiger partial charge in [0.2, 0.25) is 0 Å². The van der Waals surface area contributed by atoms with Gasteiger partial charge < -0.3 is 10.4 Å². The van der Waals surface area contributed by atoms with Crippen LogP contribution in [0.4, 0.5) is 11.5 Å². The summed E-state index contributed by atoms with van der Waals surface area (Å²) >= 11 is 6.21. The minimum atomic E-state index is -1.01. The summed E-state index contributed by atoms with van der Waals surface area (Å²) in [6.45, 7) is 0. The molecule has 4 rings (SSSR count). The van der Waals surface area contributed by atoms with Crippen LogP contribution in [0.15, 0.2) is 55.0 Å². The summed E-state index contributed by atoms with van der Waals surface area (Å²) < 4.78 is 0. The number of halogens is 1. The third-order valence-corrected chi connectivity index (χ3v) is 4.16. The Labute approximate surface area is 147 Å². The van der Waals surface area contributed by atoms with Crippen LogP contribution in [0, 0.1) is 0 Å². The lowest BCUT2D eigenvalue weighted by molar-refractivity contribution is 0.0697. The average molecular weight is 351 g/mol. The van der Waals surface area contributed by atoms with E-state index in [2.05, 4.69) is 20.3 Å². The van der Waals surface area contributed by atoms with Gasteiger partial charge in [0.25, 0.3) is 0 Å². The van der Waals surface area contributed by atoms with E-state index < -0.39 is 5.97 Å². The molecule has 4 aromatic rings. The number of anilines is 2. The fourth-order valence-electron chi connectivity index (χ4n) is 2.65.